The second kappa shape index (κ2) is 6.48. The van der Waals surface area contributed by atoms with Gasteiger partial charge in [0.25, 0.3) is 11.7 Å². The van der Waals surface area contributed by atoms with Gasteiger partial charge in [-0.2, -0.15) is 0 Å². The van der Waals surface area contributed by atoms with Crippen molar-refractivity contribution < 1.29 is 29.0 Å². The molecule has 3 N–H and O–H groups in total. The summed E-state index contributed by atoms with van der Waals surface area (Å²) in [5.41, 5.74) is -2.35. The summed E-state index contributed by atoms with van der Waals surface area (Å²) in [6, 6.07) is 13.1. The minimum absolute atomic E-state index is 0.164. The SMILES string of the molecule is COc1ccc(N2C(=O)C(=O)/C(=C(/O)c3ccccc3)C23NC(=O)NC3=O)cc1. The summed E-state index contributed by atoms with van der Waals surface area (Å²) in [4.78, 5) is 51.5. The van der Waals surface area contributed by atoms with Crippen molar-refractivity contribution in [1.29, 1.82) is 0 Å². The molecule has 2 aliphatic rings. The second-order valence-corrected chi connectivity index (χ2v) is 6.38. The van der Waals surface area contributed by atoms with Gasteiger partial charge in [-0.3, -0.25) is 24.6 Å². The molecule has 2 heterocycles. The summed E-state index contributed by atoms with van der Waals surface area (Å²) >= 11 is 0. The number of ketones is 1. The number of rotatable bonds is 3. The van der Waals surface area contributed by atoms with Crippen LogP contribution < -0.4 is 20.3 Å². The molecule has 2 saturated heterocycles. The number of benzene rings is 2. The fourth-order valence-electron chi connectivity index (χ4n) is 3.48. The van der Waals surface area contributed by atoms with E-state index in [1.165, 1.54) is 43.5 Å². The van der Waals surface area contributed by atoms with Crippen LogP contribution in [0.1, 0.15) is 5.56 Å². The molecule has 0 saturated carbocycles. The van der Waals surface area contributed by atoms with E-state index in [1.807, 2.05) is 5.32 Å². The molecule has 0 aliphatic carbocycles. The van der Waals surface area contributed by atoms with Gasteiger partial charge in [0.2, 0.25) is 5.66 Å². The molecule has 0 radical (unpaired) electrons. The highest BCUT2D eigenvalue weighted by Gasteiger charge is 2.66. The number of imide groups is 1. The number of Topliss-reactive ketones (excluding diaryl/α,β-unsaturated/α-hetero) is 1. The first kappa shape index (κ1) is 18.2. The normalized spacial score (nSPS) is 22.7. The monoisotopic (exact) mass is 393 g/mol. The van der Waals surface area contributed by atoms with Crippen molar-refractivity contribution >= 4 is 35.1 Å². The summed E-state index contributed by atoms with van der Waals surface area (Å²) in [5.74, 6) is -3.19. The average molecular weight is 393 g/mol. The molecule has 146 valence electrons. The number of anilines is 1. The number of methoxy groups -OCH3 is 1. The number of nitrogens with one attached hydrogen (secondary N) is 2. The number of amides is 4. The molecule has 0 bridgehead atoms. The van der Waals surface area contributed by atoms with Crippen LogP contribution >= 0.6 is 0 Å². The van der Waals surface area contributed by atoms with Crippen molar-refractivity contribution in [2.75, 3.05) is 12.0 Å². The fraction of sp³-hybridized carbons (Fsp3) is 0.100. The van der Waals surface area contributed by atoms with E-state index >= 15 is 0 Å². The van der Waals surface area contributed by atoms with E-state index in [9.17, 15) is 24.3 Å². The maximum atomic E-state index is 12.9. The molecular weight excluding hydrogens is 378 g/mol. The van der Waals surface area contributed by atoms with Crippen LogP contribution in [0.5, 0.6) is 5.75 Å². The Kier molecular flexibility index (Phi) is 4.08. The zero-order valence-electron chi connectivity index (χ0n) is 15.1. The first-order chi connectivity index (χ1) is 13.9. The molecule has 4 rings (SSSR count). The summed E-state index contributed by atoms with van der Waals surface area (Å²) in [7, 11) is 1.46. The van der Waals surface area contributed by atoms with Crippen molar-refractivity contribution in [3.05, 3.63) is 65.7 Å². The third-order valence-corrected chi connectivity index (χ3v) is 4.79. The van der Waals surface area contributed by atoms with Crippen LogP contribution in [0.4, 0.5) is 10.5 Å². The van der Waals surface area contributed by atoms with Gasteiger partial charge >= 0.3 is 11.9 Å². The molecule has 2 aromatic rings. The van der Waals surface area contributed by atoms with Crippen LogP contribution in [-0.4, -0.2) is 41.5 Å². The lowest BCUT2D eigenvalue weighted by molar-refractivity contribution is -0.132. The number of carbonyl (C=O) groups is 4. The number of carbonyl (C=O) groups excluding carboxylic acids is 4. The minimum Gasteiger partial charge on any atom is -0.507 e. The lowest BCUT2D eigenvalue weighted by Gasteiger charge is -2.32. The fourth-order valence-corrected chi connectivity index (χ4v) is 3.48. The highest BCUT2D eigenvalue weighted by Crippen LogP contribution is 2.41. The Bertz CT molecular complexity index is 1080. The molecule has 0 aromatic heterocycles. The van der Waals surface area contributed by atoms with Gasteiger partial charge in [-0.05, 0) is 24.3 Å². The molecule has 29 heavy (non-hydrogen) atoms. The smallest absolute Gasteiger partial charge is 0.324 e. The molecule has 2 aromatic carbocycles. The summed E-state index contributed by atoms with van der Waals surface area (Å²) in [6.45, 7) is 0. The van der Waals surface area contributed by atoms with Gasteiger partial charge in [-0.25, -0.2) is 4.79 Å². The Morgan fingerprint density at radius 3 is 2.21 bits per heavy atom. The maximum absolute atomic E-state index is 12.9. The van der Waals surface area contributed by atoms with E-state index in [2.05, 4.69) is 5.32 Å². The lowest BCUT2D eigenvalue weighted by atomic mass is 9.95. The second-order valence-electron chi connectivity index (χ2n) is 6.38. The van der Waals surface area contributed by atoms with E-state index in [4.69, 9.17) is 4.74 Å². The Hall–Kier alpha value is -4.14. The summed E-state index contributed by atoms with van der Waals surface area (Å²) in [6.07, 6.45) is 0. The number of aliphatic hydroxyl groups is 1. The molecule has 1 spiro atoms. The molecule has 4 amide bonds. The molecule has 2 fully saturated rings. The maximum Gasteiger partial charge on any atom is 0.324 e. The van der Waals surface area contributed by atoms with Gasteiger partial charge < -0.3 is 15.2 Å². The van der Waals surface area contributed by atoms with Gasteiger partial charge in [0, 0.05) is 11.3 Å². The predicted molar refractivity (Wildman–Crippen MR) is 101 cm³/mol. The van der Waals surface area contributed by atoms with Crippen molar-refractivity contribution in [1.82, 2.24) is 10.6 Å². The van der Waals surface area contributed by atoms with Crippen LogP contribution in [0.25, 0.3) is 5.76 Å². The molecule has 1 unspecified atom stereocenters. The molecule has 9 heteroatoms. The van der Waals surface area contributed by atoms with E-state index in [0.29, 0.717) is 5.75 Å². The van der Waals surface area contributed by atoms with Crippen LogP contribution in [0, 0.1) is 0 Å². The molecule has 2 aliphatic heterocycles. The Morgan fingerprint density at radius 2 is 1.66 bits per heavy atom. The van der Waals surface area contributed by atoms with E-state index in [0.717, 1.165) is 4.90 Å². The van der Waals surface area contributed by atoms with Gasteiger partial charge in [0.15, 0.2) is 0 Å². The molecule has 9 nitrogen and oxygen atoms in total. The van der Waals surface area contributed by atoms with Crippen molar-refractivity contribution in [2.24, 2.45) is 0 Å². The first-order valence-electron chi connectivity index (χ1n) is 8.56. The standard InChI is InChI=1S/C20H15N3O6/c1-29-13-9-7-12(8-10-13)23-17(26)16(25)14(15(24)11-5-3-2-4-6-11)20(23)18(27)21-19(28)22-20/h2-10,24H,1H3,(H2,21,22,27,28)/b15-14-. The summed E-state index contributed by atoms with van der Waals surface area (Å²) < 4.78 is 5.08. The van der Waals surface area contributed by atoms with E-state index < -0.39 is 40.6 Å². The first-order valence-corrected chi connectivity index (χ1v) is 8.56. The zero-order chi connectivity index (χ0) is 20.8. The Morgan fingerprint density at radius 1 is 1.00 bits per heavy atom. The van der Waals surface area contributed by atoms with Crippen LogP contribution in [-0.2, 0) is 14.4 Å². The number of hydrogen-bond donors (Lipinski definition) is 3. The lowest BCUT2D eigenvalue weighted by Crippen LogP contribution is -2.59. The Balaban J connectivity index is 1.97. The van der Waals surface area contributed by atoms with Gasteiger partial charge in [0.05, 0.1) is 7.11 Å². The van der Waals surface area contributed by atoms with E-state index in [1.54, 1.807) is 18.2 Å². The van der Waals surface area contributed by atoms with Crippen LogP contribution in [0.3, 0.4) is 0 Å². The number of nitrogens with zero attached hydrogens (tertiary/aromatic N) is 1. The van der Waals surface area contributed by atoms with Gasteiger partial charge in [-0.1, -0.05) is 30.3 Å². The number of hydrogen-bond acceptors (Lipinski definition) is 6. The summed E-state index contributed by atoms with van der Waals surface area (Å²) in [5, 5.41) is 15.2. The Labute approximate surface area is 164 Å². The highest BCUT2D eigenvalue weighted by atomic mass is 16.5. The van der Waals surface area contributed by atoms with Crippen LogP contribution in [0.15, 0.2) is 60.2 Å². The third-order valence-electron chi connectivity index (χ3n) is 4.79. The van der Waals surface area contributed by atoms with Crippen molar-refractivity contribution in [3.8, 4) is 5.75 Å². The number of ether oxygens (including phenoxy) is 1. The van der Waals surface area contributed by atoms with Gasteiger partial charge in [0.1, 0.15) is 17.1 Å². The predicted octanol–water partition coefficient (Wildman–Crippen LogP) is 1.12. The largest absolute Gasteiger partial charge is 0.507 e. The average Bonchev–Trinajstić information content (AvgIpc) is 3.14. The molecular formula is C20H15N3O6. The minimum atomic E-state index is -2.21. The quantitative estimate of drug-likeness (QED) is 0.311. The highest BCUT2D eigenvalue weighted by molar-refractivity contribution is 6.55. The third kappa shape index (κ3) is 2.55. The van der Waals surface area contributed by atoms with Crippen LogP contribution in [0.2, 0.25) is 0 Å². The zero-order valence-corrected chi connectivity index (χ0v) is 15.1. The number of urea groups is 1. The van der Waals surface area contributed by atoms with Crippen molar-refractivity contribution in [3.63, 3.8) is 0 Å². The molecule has 1 atom stereocenters. The number of aliphatic hydroxyl groups excluding tert-OH is 1. The van der Waals surface area contributed by atoms with E-state index in [-0.39, 0.29) is 11.3 Å². The van der Waals surface area contributed by atoms with Gasteiger partial charge in [-0.15, -0.1) is 0 Å². The topological polar surface area (TPSA) is 125 Å². The van der Waals surface area contributed by atoms with Crippen molar-refractivity contribution in [2.45, 2.75) is 5.66 Å².